The highest BCUT2D eigenvalue weighted by Gasteiger charge is 2.53. The van der Waals surface area contributed by atoms with Gasteiger partial charge in [-0.15, -0.1) is 11.8 Å². The Morgan fingerprint density at radius 1 is 1.24 bits per heavy atom. The van der Waals surface area contributed by atoms with Gasteiger partial charge in [0.25, 0.3) is 0 Å². The quantitative estimate of drug-likeness (QED) is 0.657. The molecule has 4 atom stereocenters. The molecule has 0 spiro atoms. The molecule has 1 fully saturated rings. The molecule has 2 heterocycles. The minimum atomic E-state index is -0.995. The lowest BCUT2D eigenvalue weighted by Crippen LogP contribution is -2.39. The van der Waals surface area contributed by atoms with Crippen LogP contribution in [0.3, 0.4) is 0 Å². The van der Waals surface area contributed by atoms with E-state index in [1.54, 1.807) is 30.0 Å². The molecule has 5 nitrogen and oxygen atoms in total. The summed E-state index contributed by atoms with van der Waals surface area (Å²) in [6.07, 6.45) is 4.50. The van der Waals surface area contributed by atoms with Crippen LogP contribution < -0.4 is 5.32 Å². The summed E-state index contributed by atoms with van der Waals surface area (Å²) >= 11 is 1.58. The highest BCUT2D eigenvalue weighted by Crippen LogP contribution is 2.39. The van der Waals surface area contributed by atoms with Crippen molar-refractivity contribution in [2.45, 2.75) is 17.1 Å². The minimum Gasteiger partial charge on any atom is -0.481 e. The van der Waals surface area contributed by atoms with Crippen LogP contribution >= 0.6 is 11.8 Å². The Labute approximate surface area is 126 Å². The maximum absolute atomic E-state index is 12.4. The molecule has 1 saturated heterocycles. The van der Waals surface area contributed by atoms with Crippen LogP contribution in [0.2, 0.25) is 0 Å². The van der Waals surface area contributed by atoms with Gasteiger partial charge in [0, 0.05) is 10.6 Å². The second kappa shape index (κ2) is 5.54. The number of rotatable bonds is 4. The Hall–Kier alpha value is -1.79. The molecule has 0 saturated carbocycles. The maximum atomic E-state index is 12.4. The van der Waals surface area contributed by atoms with E-state index < -0.39 is 30.0 Å². The van der Waals surface area contributed by atoms with E-state index in [1.807, 2.05) is 24.5 Å². The van der Waals surface area contributed by atoms with Gasteiger partial charge in [-0.2, -0.15) is 0 Å². The van der Waals surface area contributed by atoms with E-state index in [9.17, 15) is 14.7 Å². The van der Waals surface area contributed by atoms with Crippen molar-refractivity contribution in [3.63, 3.8) is 0 Å². The van der Waals surface area contributed by atoms with E-state index in [4.69, 9.17) is 4.74 Å². The first-order valence-corrected chi connectivity index (χ1v) is 7.84. The molecule has 21 heavy (non-hydrogen) atoms. The molecular formula is C15H15NO4S. The predicted octanol–water partition coefficient (Wildman–Crippen LogP) is 2.00. The topological polar surface area (TPSA) is 75.6 Å². The number of carbonyl (C=O) groups is 2. The third-order valence-electron chi connectivity index (χ3n) is 3.82. The van der Waals surface area contributed by atoms with Crippen LogP contribution in [-0.2, 0) is 14.3 Å². The van der Waals surface area contributed by atoms with Crippen LogP contribution in [0.5, 0.6) is 0 Å². The Morgan fingerprint density at radius 3 is 2.62 bits per heavy atom. The highest BCUT2D eigenvalue weighted by atomic mass is 32.2. The lowest BCUT2D eigenvalue weighted by atomic mass is 9.82. The number of nitrogens with one attached hydrogen (secondary N) is 1. The van der Waals surface area contributed by atoms with Crippen molar-refractivity contribution < 1.29 is 19.4 Å². The summed E-state index contributed by atoms with van der Waals surface area (Å²) in [4.78, 5) is 24.8. The number of ether oxygens (including phenoxy) is 1. The van der Waals surface area contributed by atoms with Crippen molar-refractivity contribution in [2.75, 3.05) is 11.6 Å². The average molecular weight is 305 g/mol. The molecule has 1 aromatic carbocycles. The zero-order chi connectivity index (χ0) is 15.0. The van der Waals surface area contributed by atoms with E-state index in [0.717, 1.165) is 4.90 Å². The molecule has 2 aliphatic rings. The van der Waals surface area contributed by atoms with Crippen LogP contribution in [0, 0.1) is 11.8 Å². The Morgan fingerprint density at radius 2 is 1.95 bits per heavy atom. The van der Waals surface area contributed by atoms with Crippen LogP contribution in [-0.4, -0.2) is 35.4 Å². The van der Waals surface area contributed by atoms with Crippen LogP contribution in [0.15, 0.2) is 41.3 Å². The first-order chi connectivity index (χ1) is 10.1. The molecule has 110 valence electrons. The number of carboxylic acid groups (broad SMARTS) is 1. The number of thioether (sulfide) groups is 1. The van der Waals surface area contributed by atoms with Gasteiger partial charge in [0.2, 0.25) is 5.91 Å². The first kappa shape index (κ1) is 14.2. The fraction of sp³-hybridized carbons (Fsp3) is 0.333. The zero-order valence-electron chi connectivity index (χ0n) is 11.4. The molecule has 6 heteroatoms. The van der Waals surface area contributed by atoms with E-state index >= 15 is 0 Å². The fourth-order valence-corrected chi connectivity index (χ4v) is 3.30. The Balaban J connectivity index is 1.78. The third-order valence-corrected chi connectivity index (χ3v) is 4.55. The summed E-state index contributed by atoms with van der Waals surface area (Å²) in [6.45, 7) is 0. The maximum Gasteiger partial charge on any atom is 0.310 e. The summed E-state index contributed by atoms with van der Waals surface area (Å²) in [5, 5.41) is 12.1. The zero-order valence-corrected chi connectivity index (χ0v) is 12.2. The van der Waals surface area contributed by atoms with Gasteiger partial charge in [-0.25, -0.2) is 0 Å². The lowest BCUT2D eigenvalue weighted by Gasteiger charge is -2.21. The van der Waals surface area contributed by atoms with E-state index in [0.29, 0.717) is 5.69 Å². The Kier molecular flexibility index (Phi) is 3.73. The van der Waals surface area contributed by atoms with Gasteiger partial charge in [-0.1, -0.05) is 18.2 Å². The van der Waals surface area contributed by atoms with Gasteiger partial charge < -0.3 is 15.2 Å². The number of fused-ring (bicyclic) bond motifs is 2. The van der Waals surface area contributed by atoms with Crippen molar-refractivity contribution in [3.8, 4) is 0 Å². The molecule has 0 unspecified atom stereocenters. The standard InChI is InChI=1S/C15H15NO4S/c1-21-9-4-2-3-8(7-9)16-14(17)12-10-5-6-11(20-10)13(12)15(18)19/h2-7,10-13H,1H3,(H,16,17)(H,18,19)/t10-,11-,12+,13-/m1/s1. The summed E-state index contributed by atoms with van der Waals surface area (Å²) in [5.74, 6) is -2.80. The number of benzene rings is 1. The van der Waals surface area contributed by atoms with Gasteiger partial charge in [0.15, 0.2) is 0 Å². The molecule has 0 aromatic heterocycles. The molecule has 2 bridgehead atoms. The van der Waals surface area contributed by atoms with Crippen LogP contribution in [0.1, 0.15) is 0 Å². The highest BCUT2D eigenvalue weighted by molar-refractivity contribution is 7.98. The van der Waals surface area contributed by atoms with Crippen molar-refractivity contribution in [2.24, 2.45) is 11.8 Å². The lowest BCUT2D eigenvalue weighted by molar-refractivity contribution is -0.145. The number of amides is 1. The summed E-state index contributed by atoms with van der Waals surface area (Å²) in [6, 6.07) is 7.45. The van der Waals surface area contributed by atoms with Gasteiger partial charge in [0.05, 0.1) is 18.1 Å². The van der Waals surface area contributed by atoms with E-state index in [1.165, 1.54) is 0 Å². The minimum absolute atomic E-state index is 0.308. The smallest absolute Gasteiger partial charge is 0.310 e. The number of anilines is 1. The van der Waals surface area contributed by atoms with E-state index in [2.05, 4.69) is 5.32 Å². The third kappa shape index (κ3) is 2.56. The van der Waals surface area contributed by atoms with Gasteiger partial charge in [-0.3, -0.25) is 9.59 Å². The van der Waals surface area contributed by atoms with Gasteiger partial charge >= 0.3 is 5.97 Å². The second-order valence-corrected chi connectivity index (χ2v) is 5.94. The fourth-order valence-electron chi connectivity index (χ4n) is 2.84. The van der Waals surface area contributed by atoms with Crippen molar-refractivity contribution >= 4 is 29.3 Å². The molecule has 2 aliphatic heterocycles. The molecule has 1 aromatic rings. The van der Waals surface area contributed by atoms with Crippen LogP contribution in [0.4, 0.5) is 5.69 Å². The molecular weight excluding hydrogens is 290 g/mol. The number of aliphatic carboxylic acids is 1. The summed E-state index contributed by atoms with van der Waals surface area (Å²) < 4.78 is 5.51. The van der Waals surface area contributed by atoms with Crippen molar-refractivity contribution in [1.29, 1.82) is 0 Å². The normalized spacial score (nSPS) is 29.6. The second-order valence-electron chi connectivity index (χ2n) is 5.06. The molecule has 2 N–H and O–H groups in total. The van der Waals surface area contributed by atoms with Gasteiger partial charge in [0.1, 0.15) is 5.92 Å². The monoisotopic (exact) mass is 305 g/mol. The van der Waals surface area contributed by atoms with Gasteiger partial charge in [-0.05, 0) is 24.5 Å². The predicted molar refractivity (Wildman–Crippen MR) is 79.3 cm³/mol. The molecule has 0 radical (unpaired) electrons. The average Bonchev–Trinajstić information content (AvgIpc) is 3.07. The number of carbonyl (C=O) groups excluding carboxylic acids is 1. The Bertz CT molecular complexity index is 615. The summed E-state index contributed by atoms with van der Waals surface area (Å²) in [5.41, 5.74) is 0.669. The number of carboxylic acids is 1. The van der Waals surface area contributed by atoms with Crippen LogP contribution in [0.25, 0.3) is 0 Å². The van der Waals surface area contributed by atoms with E-state index in [-0.39, 0.29) is 5.91 Å². The summed E-state index contributed by atoms with van der Waals surface area (Å²) in [7, 11) is 0. The molecule has 3 rings (SSSR count). The first-order valence-electron chi connectivity index (χ1n) is 6.61. The SMILES string of the molecule is CSc1cccc(NC(=O)[C@@H]2[C@H](C(=O)O)[C@H]3C=C[C@H]2O3)c1. The number of hydrogen-bond donors (Lipinski definition) is 2. The molecule has 1 amide bonds. The largest absolute Gasteiger partial charge is 0.481 e. The number of hydrogen-bond acceptors (Lipinski definition) is 4. The van der Waals surface area contributed by atoms with Crippen molar-refractivity contribution in [1.82, 2.24) is 0 Å². The molecule has 0 aliphatic carbocycles. The van der Waals surface area contributed by atoms with Crippen molar-refractivity contribution in [3.05, 3.63) is 36.4 Å².